The molecule has 1 aromatic carbocycles. The average molecular weight is 328 g/mol. The summed E-state index contributed by atoms with van der Waals surface area (Å²) >= 11 is 0. The van der Waals surface area contributed by atoms with Crippen LogP contribution in [0.4, 0.5) is 0 Å². The first kappa shape index (κ1) is 15.6. The lowest BCUT2D eigenvalue weighted by molar-refractivity contribution is 0.289. The molecule has 0 aliphatic heterocycles. The largest absolute Gasteiger partial charge is 0.490 e. The molecule has 0 saturated heterocycles. The highest BCUT2D eigenvalue weighted by Gasteiger charge is 2.17. The van der Waals surface area contributed by atoms with Crippen molar-refractivity contribution in [3.05, 3.63) is 58.5 Å². The Morgan fingerprint density at radius 1 is 1.24 bits per heavy atom. The monoisotopic (exact) mass is 327 g/mol. The van der Waals surface area contributed by atoms with Crippen molar-refractivity contribution < 1.29 is 13.2 Å². The molecule has 5 nitrogen and oxygen atoms in total. The Kier molecular flexibility index (Phi) is 4.69. The molecule has 1 heterocycles. The Balaban J connectivity index is 2.14. The molecule has 0 spiro atoms. The van der Waals surface area contributed by atoms with Gasteiger partial charge in [0.05, 0.1) is 6.54 Å². The van der Waals surface area contributed by atoms with Gasteiger partial charge in [-0.2, -0.15) is 0 Å². The number of halogens is 1. The molecule has 21 heavy (non-hydrogen) atoms. The Bertz CT molecular complexity index is 799. The number of hydrogen-bond acceptors (Lipinski definition) is 4. The van der Waals surface area contributed by atoms with Crippen LogP contribution in [-0.2, 0) is 15.6 Å². The fraction of sp³-hybridized carbons (Fsp3) is 0.214. The number of nitrogens with zero attached hydrogens (tertiary/aromatic N) is 1. The fourth-order valence-corrected chi connectivity index (χ4v) is 2.88. The quantitative estimate of drug-likeness (QED) is 0.789. The fourth-order valence-electron chi connectivity index (χ4n) is 1.82. The molecule has 0 radical (unpaired) electrons. The molecule has 2 rings (SSSR count). The van der Waals surface area contributed by atoms with Gasteiger partial charge in [-0.15, -0.1) is 0 Å². The molecule has 0 bridgehead atoms. The van der Waals surface area contributed by atoms with E-state index >= 15 is 0 Å². The molecular formula is C14H14ClNO4S. The van der Waals surface area contributed by atoms with Crippen LogP contribution in [0.5, 0.6) is 5.75 Å². The van der Waals surface area contributed by atoms with Crippen LogP contribution in [0.1, 0.15) is 5.56 Å². The summed E-state index contributed by atoms with van der Waals surface area (Å²) in [6.07, 6.45) is 1.64. The van der Waals surface area contributed by atoms with Gasteiger partial charge in [0.1, 0.15) is 17.3 Å². The molecule has 0 unspecified atom stereocenters. The second-order valence-corrected chi connectivity index (χ2v) is 7.00. The smallest absolute Gasteiger partial charge is 0.264 e. The van der Waals surface area contributed by atoms with Crippen LogP contribution in [0.3, 0.4) is 0 Å². The normalized spacial score (nSPS) is 11.3. The van der Waals surface area contributed by atoms with E-state index < -0.39 is 9.05 Å². The van der Waals surface area contributed by atoms with Gasteiger partial charge in [-0.1, -0.05) is 12.1 Å². The predicted octanol–water partition coefficient (Wildman–Crippen LogP) is 2.16. The van der Waals surface area contributed by atoms with E-state index in [0.29, 0.717) is 6.54 Å². The number of aromatic nitrogens is 1. The molecule has 0 aliphatic carbocycles. The summed E-state index contributed by atoms with van der Waals surface area (Å²) in [5.41, 5.74) is 0.621. The minimum Gasteiger partial charge on any atom is -0.490 e. The number of rotatable bonds is 5. The van der Waals surface area contributed by atoms with Crippen molar-refractivity contribution in [2.24, 2.45) is 0 Å². The Morgan fingerprint density at radius 2 is 2.00 bits per heavy atom. The van der Waals surface area contributed by atoms with Gasteiger partial charge < -0.3 is 9.30 Å². The Hall–Kier alpha value is -1.79. The Morgan fingerprint density at radius 3 is 2.67 bits per heavy atom. The van der Waals surface area contributed by atoms with Crippen molar-refractivity contribution >= 4 is 19.7 Å². The molecule has 112 valence electrons. The van der Waals surface area contributed by atoms with Crippen molar-refractivity contribution in [2.75, 3.05) is 6.61 Å². The Labute approximate surface area is 127 Å². The highest BCUT2D eigenvalue weighted by atomic mass is 35.7. The zero-order chi connectivity index (χ0) is 15.5. The van der Waals surface area contributed by atoms with Crippen LogP contribution in [-0.4, -0.2) is 19.6 Å². The van der Waals surface area contributed by atoms with E-state index in [1.807, 2.05) is 0 Å². The van der Waals surface area contributed by atoms with Crippen LogP contribution in [0.15, 0.2) is 52.3 Å². The van der Waals surface area contributed by atoms with E-state index in [-0.39, 0.29) is 22.8 Å². The van der Waals surface area contributed by atoms with Gasteiger partial charge in [-0.3, -0.25) is 4.79 Å². The molecule has 1 aromatic heterocycles. The lowest BCUT2D eigenvalue weighted by Crippen LogP contribution is -2.21. The van der Waals surface area contributed by atoms with E-state index in [1.54, 1.807) is 37.4 Å². The molecular weight excluding hydrogens is 314 g/mol. The first-order valence-corrected chi connectivity index (χ1v) is 8.52. The summed E-state index contributed by atoms with van der Waals surface area (Å²) in [6, 6.07) is 9.57. The van der Waals surface area contributed by atoms with E-state index in [2.05, 4.69) is 0 Å². The lowest BCUT2D eigenvalue weighted by Gasteiger charge is -2.11. The van der Waals surface area contributed by atoms with Crippen LogP contribution in [0.2, 0.25) is 0 Å². The SMILES string of the molecule is Cc1ccc(OCCn2ccccc2=O)c(S(=O)(=O)Cl)c1. The molecule has 0 aliphatic rings. The highest BCUT2D eigenvalue weighted by molar-refractivity contribution is 8.13. The first-order chi connectivity index (χ1) is 9.88. The molecule has 0 saturated carbocycles. The number of benzene rings is 1. The standard InChI is InChI=1S/C14H14ClNO4S/c1-11-5-6-12(13(10-11)21(15,18)19)20-9-8-16-7-3-2-4-14(16)17/h2-7,10H,8-9H2,1H3. The zero-order valence-electron chi connectivity index (χ0n) is 11.3. The van der Waals surface area contributed by atoms with Gasteiger partial charge in [0, 0.05) is 22.9 Å². The summed E-state index contributed by atoms with van der Waals surface area (Å²) in [4.78, 5) is 11.5. The summed E-state index contributed by atoms with van der Waals surface area (Å²) in [6.45, 7) is 2.24. The second kappa shape index (κ2) is 6.32. The predicted molar refractivity (Wildman–Crippen MR) is 80.4 cm³/mol. The van der Waals surface area contributed by atoms with Crippen LogP contribution in [0.25, 0.3) is 0 Å². The molecule has 2 aromatic rings. The van der Waals surface area contributed by atoms with Crippen LogP contribution in [0, 0.1) is 6.92 Å². The first-order valence-electron chi connectivity index (χ1n) is 6.21. The summed E-state index contributed by atoms with van der Waals surface area (Å²) in [5, 5.41) is 0. The van der Waals surface area contributed by atoms with E-state index in [0.717, 1.165) is 5.56 Å². The highest BCUT2D eigenvalue weighted by Crippen LogP contribution is 2.27. The second-order valence-electron chi connectivity index (χ2n) is 4.47. The number of aryl methyl sites for hydroxylation is 1. The third kappa shape index (κ3) is 4.09. The van der Waals surface area contributed by atoms with Gasteiger partial charge in [0.25, 0.3) is 14.6 Å². The topological polar surface area (TPSA) is 65.4 Å². The van der Waals surface area contributed by atoms with E-state index in [4.69, 9.17) is 15.4 Å². The van der Waals surface area contributed by atoms with Crippen molar-refractivity contribution in [2.45, 2.75) is 18.4 Å². The van der Waals surface area contributed by atoms with Gasteiger partial charge >= 0.3 is 0 Å². The van der Waals surface area contributed by atoms with Gasteiger partial charge in [-0.05, 0) is 30.7 Å². The lowest BCUT2D eigenvalue weighted by atomic mass is 10.2. The molecule has 7 heteroatoms. The van der Waals surface area contributed by atoms with Gasteiger partial charge in [0.15, 0.2) is 0 Å². The number of pyridine rings is 1. The number of ether oxygens (including phenoxy) is 1. The van der Waals surface area contributed by atoms with Crippen molar-refractivity contribution in [1.82, 2.24) is 4.57 Å². The minimum absolute atomic E-state index is 0.0652. The maximum atomic E-state index is 11.5. The van der Waals surface area contributed by atoms with Crippen LogP contribution >= 0.6 is 10.7 Å². The summed E-state index contributed by atoms with van der Waals surface area (Å²) in [7, 11) is 1.51. The molecule has 0 fully saturated rings. The third-order valence-corrected chi connectivity index (χ3v) is 4.19. The third-order valence-electron chi connectivity index (χ3n) is 2.85. The molecule has 0 amide bonds. The maximum absolute atomic E-state index is 11.5. The van der Waals surface area contributed by atoms with Gasteiger partial charge in [0.2, 0.25) is 0 Å². The molecule has 0 N–H and O–H groups in total. The van der Waals surface area contributed by atoms with Crippen molar-refractivity contribution in [3.63, 3.8) is 0 Å². The molecule has 0 atom stereocenters. The van der Waals surface area contributed by atoms with E-state index in [1.165, 1.54) is 16.7 Å². The average Bonchev–Trinajstić information content (AvgIpc) is 2.41. The van der Waals surface area contributed by atoms with Crippen molar-refractivity contribution in [1.29, 1.82) is 0 Å². The summed E-state index contributed by atoms with van der Waals surface area (Å²) in [5.74, 6) is 0.180. The maximum Gasteiger partial charge on any atom is 0.264 e. The summed E-state index contributed by atoms with van der Waals surface area (Å²) < 4.78 is 30.0. The van der Waals surface area contributed by atoms with Crippen molar-refractivity contribution in [3.8, 4) is 5.75 Å². The minimum atomic E-state index is -3.88. The zero-order valence-corrected chi connectivity index (χ0v) is 12.9. The van der Waals surface area contributed by atoms with E-state index in [9.17, 15) is 13.2 Å². The number of hydrogen-bond donors (Lipinski definition) is 0. The van der Waals surface area contributed by atoms with Crippen LogP contribution < -0.4 is 10.3 Å². The van der Waals surface area contributed by atoms with Gasteiger partial charge in [-0.25, -0.2) is 8.42 Å².